The number of hydrogen-bond donors (Lipinski definition) is 1. The molecule has 1 saturated heterocycles. The molecule has 2 aliphatic rings. The van der Waals surface area contributed by atoms with E-state index in [1.54, 1.807) is 12.1 Å². The normalized spacial score (nSPS) is 19.4. The van der Waals surface area contributed by atoms with Crippen LogP contribution < -0.4 is 10.2 Å². The van der Waals surface area contributed by atoms with E-state index in [2.05, 4.69) is 10.2 Å². The molecule has 2 fully saturated rings. The van der Waals surface area contributed by atoms with E-state index < -0.39 is 0 Å². The summed E-state index contributed by atoms with van der Waals surface area (Å²) in [5.74, 6) is 0.587. The molecule has 0 radical (unpaired) electrons. The first-order chi connectivity index (χ1) is 11.7. The molecule has 0 atom stereocenters. The van der Waals surface area contributed by atoms with E-state index in [9.17, 15) is 9.18 Å². The molecular weight excluding hydrogens is 305 g/mol. The number of anilines is 1. The van der Waals surface area contributed by atoms with Gasteiger partial charge in [0, 0.05) is 38.4 Å². The number of hydrogen-bond acceptors (Lipinski definition) is 2. The number of benzene rings is 1. The summed E-state index contributed by atoms with van der Waals surface area (Å²) in [4.78, 5) is 16.4. The van der Waals surface area contributed by atoms with E-state index in [0.29, 0.717) is 13.1 Å². The van der Waals surface area contributed by atoms with Gasteiger partial charge in [-0.25, -0.2) is 9.18 Å². The van der Waals surface area contributed by atoms with Gasteiger partial charge in [-0.1, -0.05) is 32.1 Å². The van der Waals surface area contributed by atoms with Crippen LogP contribution in [-0.2, 0) is 0 Å². The predicted molar refractivity (Wildman–Crippen MR) is 94.8 cm³/mol. The number of carbonyl (C=O) groups excluding carboxylic acids is 1. The lowest BCUT2D eigenvalue weighted by atomic mass is 9.87. The third kappa shape index (κ3) is 4.62. The molecule has 4 nitrogen and oxygen atoms in total. The van der Waals surface area contributed by atoms with Gasteiger partial charge in [-0.2, -0.15) is 0 Å². The summed E-state index contributed by atoms with van der Waals surface area (Å²) in [6.07, 6.45) is 7.84. The van der Waals surface area contributed by atoms with Crippen LogP contribution in [0.15, 0.2) is 24.3 Å². The van der Waals surface area contributed by atoms with Crippen molar-refractivity contribution in [2.75, 3.05) is 37.6 Å². The first-order valence-corrected chi connectivity index (χ1v) is 9.25. The molecule has 0 aromatic heterocycles. The Balaban J connectivity index is 1.37. The van der Waals surface area contributed by atoms with E-state index in [1.165, 1.54) is 44.2 Å². The highest BCUT2D eigenvalue weighted by Crippen LogP contribution is 2.25. The van der Waals surface area contributed by atoms with Crippen molar-refractivity contribution < 1.29 is 9.18 Å². The number of piperazine rings is 1. The summed E-state index contributed by atoms with van der Waals surface area (Å²) in [6.45, 7) is 3.81. The van der Waals surface area contributed by atoms with Crippen molar-refractivity contribution in [3.8, 4) is 0 Å². The van der Waals surface area contributed by atoms with Gasteiger partial charge < -0.3 is 15.1 Å². The van der Waals surface area contributed by atoms with E-state index >= 15 is 0 Å². The lowest BCUT2D eigenvalue weighted by Gasteiger charge is -2.36. The zero-order valence-electron chi connectivity index (χ0n) is 14.3. The quantitative estimate of drug-likeness (QED) is 0.913. The highest BCUT2D eigenvalue weighted by atomic mass is 19.1. The van der Waals surface area contributed by atoms with Crippen LogP contribution in [-0.4, -0.2) is 43.7 Å². The maximum Gasteiger partial charge on any atom is 0.317 e. The fraction of sp³-hybridized carbons (Fsp3) is 0.632. The smallest absolute Gasteiger partial charge is 0.317 e. The summed E-state index contributed by atoms with van der Waals surface area (Å²) in [6, 6.07) is 6.63. The van der Waals surface area contributed by atoms with Gasteiger partial charge in [-0.3, -0.25) is 0 Å². The molecule has 1 heterocycles. The zero-order chi connectivity index (χ0) is 16.8. The SMILES string of the molecule is O=C(NCCC1CCCCC1)N1CCN(c2ccc(F)cc2)CC1. The second-order valence-electron chi connectivity index (χ2n) is 6.98. The van der Waals surface area contributed by atoms with Crippen LogP contribution in [0.5, 0.6) is 0 Å². The van der Waals surface area contributed by atoms with Gasteiger partial charge in [0.25, 0.3) is 0 Å². The van der Waals surface area contributed by atoms with E-state index in [0.717, 1.165) is 37.7 Å². The number of amides is 2. The summed E-state index contributed by atoms with van der Waals surface area (Å²) < 4.78 is 13.0. The van der Waals surface area contributed by atoms with Crippen molar-refractivity contribution >= 4 is 11.7 Å². The Morgan fingerprint density at radius 2 is 1.71 bits per heavy atom. The standard InChI is InChI=1S/C19H28FN3O/c20-17-6-8-18(9-7-17)22-12-14-23(15-13-22)19(24)21-11-10-16-4-2-1-3-5-16/h6-9,16H,1-5,10-15H2,(H,21,24). The maximum atomic E-state index is 13.0. The van der Waals surface area contributed by atoms with Crippen LogP contribution in [0.2, 0.25) is 0 Å². The minimum absolute atomic E-state index is 0.0598. The van der Waals surface area contributed by atoms with E-state index in [-0.39, 0.29) is 11.8 Å². The molecule has 1 aliphatic heterocycles. The second-order valence-corrected chi connectivity index (χ2v) is 6.98. The Morgan fingerprint density at radius 1 is 1.04 bits per heavy atom. The number of halogens is 1. The summed E-state index contributed by atoms with van der Waals surface area (Å²) in [7, 11) is 0. The Kier molecular flexibility index (Phi) is 5.94. The molecule has 132 valence electrons. The first kappa shape index (κ1) is 17.1. The van der Waals surface area contributed by atoms with Gasteiger partial charge in [0.2, 0.25) is 0 Å². The molecule has 1 N–H and O–H groups in total. The van der Waals surface area contributed by atoms with Crippen LogP contribution in [0.1, 0.15) is 38.5 Å². The predicted octanol–water partition coefficient (Wildman–Crippen LogP) is 3.63. The minimum Gasteiger partial charge on any atom is -0.368 e. The summed E-state index contributed by atoms with van der Waals surface area (Å²) in [5.41, 5.74) is 1.02. The number of nitrogens with zero attached hydrogens (tertiary/aromatic N) is 2. The molecule has 1 aromatic rings. The van der Waals surface area contributed by atoms with Gasteiger partial charge in [-0.05, 0) is 36.6 Å². The Morgan fingerprint density at radius 3 is 2.38 bits per heavy atom. The molecule has 1 aliphatic carbocycles. The molecule has 5 heteroatoms. The zero-order valence-corrected chi connectivity index (χ0v) is 14.3. The Labute approximate surface area is 144 Å². The largest absolute Gasteiger partial charge is 0.368 e. The number of urea groups is 1. The van der Waals surface area contributed by atoms with Crippen LogP contribution in [0.3, 0.4) is 0 Å². The van der Waals surface area contributed by atoms with Gasteiger partial charge in [0.05, 0.1) is 0 Å². The molecule has 0 bridgehead atoms. The van der Waals surface area contributed by atoms with Gasteiger partial charge in [-0.15, -0.1) is 0 Å². The van der Waals surface area contributed by atoms with Crippen LogP contribution in [0.25, 0.3) is 0 Å². The molecule has 3 rings (SSSR count). The van der Waals surface area contributed by atoms with Crippen molar-refractivity contribution in [2.45, 2.75) is 38.5 Å². The molecular formula is C19H28FN3O. The topological polar surface area (TPSA) is 35.6 Å². The molecule has 24 heavy (non-hydrogen) atoms. The van der Waals surface area contributed by atoms with Crippen molar-refractivity contribution in [1.82, 2.24) is 10.2 Å². The van der Waals surface area contributed by atoms with Crippen LogP contribution in [0.4, 0.5) is 14.9 Å². The molecule has 2 amide bonds. The highest BCUT2D eigenvalue weighted by Gasteiger charge is 2.21. The third-order valence-electron chi connectivity index (χ3n) is 5.31. The van der Waals surface area contributed by atoms with Crippen molar-refractivity contribution in [1.29, 1.82) is 0 Å². The molecule has 0 unspecified atom stereocenters. The Hall–Kier alpha value is -1.78. The maximum absolute atomic E-state index is 13.0. The summed E-state index contributed by atoms with van der Waals surface area (Å²) >= 11 is 0. The van der Waals surface area contributed by atoms with E-state index in [4.69, 9.17) is 0 Å². The van der Waals surface area contributed by atoms with Gasteiger partial charge in [0.15, 0.2) is 0 Å². The molecule has 1 saturated carbocycles. The van der Waals surface area contributed by atoms with Gasteiger partial charge >= 0.3 is 6.03 Å². The van der Waals surface area contributed by atoms with Gasteiger partial charge in [0.1, 0.15) is 5.82 Å². The van der Waals surface area contributed by atoms with Crippen LogP contribution in [0, 0.1) is 11.7 Å². The number of carbonyl (C=O) groups is 1. The lowest BCUT2D eigenvalue weighted by molar-refractivity contribution is 0.193. The van der Waals surface area contributed by atoms with Crippen molar-refractivity contribution in [2.24, 2.45) is 5.92 Å². The number of rotatable bonds is 4. The summed E-state index contributed by atoms with van der Waals surface area (Å²) in [5, 5.41) is 3.08. The lowest BCUT2D eigenvalue weighted by Crippen LogP contribution is -2.52. The van der Waals surface area contributed by atoms with Crippen LogP contribution >= 0.6 is 0 Å². The average molecular weight is 333 g/mol. The first-order valence-electron chi connectivity index (χ1n) is 9.25. The molecule has 1 aromatic carbocycles. The van der Waals surface area contributed by atoms with Crippen molar-refractivity contribution in [3.63, 3.8) is 0 Å². The minimum atomic E-state index is -0.213. The third-order valence-corrected chi connectivity index (χ3v) is 5.31. The number of nitrogens with one attached hydrogen (secondary N) is 1. The van der Waals surface area contributed by atoms with Crippen molar-refractivity contribution in [3.05, 3.63) is 30.1 Å². The monoisotopic (exact) mass is 333 g/mol. The highest BCUT2D eigenvalue weighted by molar-refractivity contribution is 5.74. The van der Waals surface area contributed by atoms with E-state index in [1.807, 2.05) is 4.90 Å². The Bertz CT molecular complexity index is 520. The molecule has 0 spiro atoms. The second kappa shape index (κ2) is 8.36. The fourth-order valence-electron chi connectivity index (χ4n) is 3.79. The average Bonchev–Trinajstić information content (AvgIpc) is 2.63. The fourth-order valence-corrected chi connectivity index (χ4v) is 3.79.